The molecule has 0 fully saturated rings. The summed E-state index contributed by atoms with van der Waals surface area (Å²) in [5.41, 5.74) is 2.54. The summed E-state index contributed by atoms with van der Waals surface area (Å²) >= 11 is 0. The van der Waals surface area contributed by atoms with E-state index < -0.39 is 5.63 Å². The average Bonchev–Trinajstić information content (AvgIpc) is 2.78. The number of benzene rings is 3. The van der Waals surface area contributed by atoms with Crippen LogP contribution in [0.2, 0.25) is 0 Å². The lowest BCUT2D eigenvalue weighted by Crippen LogP contribution is -2.15. The van der Waals surface area contributed by atoms with E-state index in [1.807, 2.05) is 60.7 Å². The molecule has 0 saturated carbocycles. The van der Waals surface area contributed by atoms with Crippen LogP contribution in [0, 0.1) is 0 Å². The molecule has 4 nitrogen and oxygen atoms in total. The molecule has 0 N–H and O–H groups in total. The van der Waals surface area contributed by atoms with Crippen LogP contribution in [0.15, 0.2) is 100 Å². The van der Waals surface area contributed by atoms with Crippen molar-refractivity contribution in [1.82, 2.24) is 4.98 Å². The highest BCUT2D eigenvalue weighted by atomic mass is 16.4. The van der Waals surface area contributed by atoms with Gasteiger partial charge in [0.05, 0.1) is 5.52 Å². The Balaban J connectivity index is 1.86. The zero-order valence-electron chi connectivity index (χ0n) is 15.3. The predicted molar refractivity (Wildman–Crippen MR) is 113 cm³/mol. The lowest BCUT2D eigenvalue weighted by atomic mass is 9.96. The SMILES string of the molecule is O=C(c1ccccc1)c1cc2c(-c3ccccc3)c3ccccc3nc2oc1=O. The van der Waals surface area contributed by atoms with E-state index in [1.54, 1.807) is 30.3 Å². The summed E-state index contributed by atoms with van der Waals surface area (Å²) in [6.07, 6.45) is 0. The van der Waals surface area contributed by atoms with Crippen molar-refractivity contribution in [3.8, 4) is 11.1 Å². The van der Waals surface area contributed by atoms with Crippen molar-refractivity contribution in [1.29, 1.82) is 0 Å². The first kappa shape index (κ1) is 17.1. The molecule has 0 amide bonds. The molecule has 0 unspecified atom stereocenters. The summed E-state index contributed by atoms with van der Waals surface area (Å²) in [5, 5.41) is 1.56. The van der Waals surface area contributed by atoms with Gasteiger partial charge in [-0.1, -0.05) is 78.9 Å². The Kier molecular flexibility index (Phi) is 4.03. The molecule has 29 heavy (non-hydrogen) atoms. The minimum atomic E-state index is -0.687. The number of aromatic nitrogens is 1. The van der Waals surface area contributed by atoms with Crippen molar-refractivity contribution in [3.63, 3.8) is 0 Å². The van der Waals surface area contributed by atoms with Crippen molar-refractivity contribution in [2.75, 3.05) is 0 Å². The van der Waals surface area contributed by atoms with Gasteiger partial charge in [0.1, 0.15) is 5.56 Å². The quantitative estimate of drug-likeness (QED) is 0.319. The Morgan fingerprint density at radius 2 is 1.41 bits per heavy atom. The van der Waals surface area contributed by atoms with Crippen molar-refractivity contribution in [2.24, 2.45) is 0 Å². The fraction of sp³-hybridized carbons (Fsp3) is 0. The maximum atomic E-state index is 12.9. The fourth-order valence-electron chi connectivity index (χ4n) is 3.58. The Labute approximate surface area is 166 Å². The molecule has 0 atom stereocenters. The van der Waals surface area contributed by atoms with Crippen LogP contribution in [0.1, 0.15) is 15.9 Å². The third kappa shape index (κ3) is 2.91. The van der Waals surface area contributed by atoms with E-state index in [9.17, 15) is 9.59 Å². The van der Waals surface area contributed by atoms with Gasteiger partial charge in [-0.05, 0) is 17.7 Å². The maximum Gasteiger partial charge on any atom is 0.348 e. The zero-order chi connectivity index (χ0) is 19.8. The lowest BCUT2D eigenvalue weighted by Gasteiger charge is -2.11. The number of para-hydroxylation sites is 1. The van der Waals surface area contributed by atoms with Crippen molar-refractivity contribution >= 4 is 27.8 Å². The molecule has 138 valence electrons. The van der Waals surface area contributed by atoms with E-state index in [0.29, 0.717) is 10.9 Å². The molecule has 0 saturated heterocycles. The molecule has 0 aliphatic heterocycles. The van der Waals surface area contributed by atoms with Gasteiger partial charge in [-0.3, -0.25) is 4.79 Å². The summed E-state index contributed by atoms with van der Waals surface area (Å²) in [7, 11) is 0. The number of hydrogen-bond acceptors (Lipinski definition) is 4. The molecular formula is C25H15NO3. The van der Waals surface area contributed by atoms with Crippen LogP contribution in [0.5, 0.6) is 0 Å². The Hall–Kier alpha value is -4.05. The van der Waals surface area contributed by atoms with Gasteiger partial charge < -0.3 is 4.42 Å². The number of carbonyl (C=O) groups is 1. The van der Waals surface area contributed by atoms with E-state index in [1.165, 1.54) is 0 Å². The number of ketones is 1. The number of nitrogens with zero attached hydrogens (tertiary/aromatic N) is 1. The molecule has 3 aromatic carbocycles. The smallest absolute Gasteiger partial charge is 0.348 e. The van der Waals surface area contributed by atoms with Crippen LogP contribution in [0.4, 0.5) is 0 Å². The van der Waals surface area contributed by atoms with Gasteiger partial charge in [0.15, 0.2) is 5.78 Å². The van der Waals surface area contributed by atoms with Gasteiger partial charge in [-0.25, -0.2) is 9.78 Å². The number of pyridine rings is 1. The number of carbonyl (C=O) groups excluding carboxylic acids is 1. The van der Waals surface area contributed by atoms with Gasteiger partial charge in [0, 0.05) is 21.9 Å². The largest absolute Gasteiger partial charge is 0.403 e. The van der Waals surface area contributed by atoms with E-state index in [-0.39, 0.29) is 17.1 Å². The molecule has 5 rings (SSSR count). The third-order valence-corrected chi connectivity index (χ3v) is 4.94. The molecule has 2 heterocycles. The van der Waals surface area contributed by atoms with Crippen molar-refractivity contribution < 1.29 is 9.21 Å². The first-order chi connectivity index (χ1) is 14.2. The van der Waals surface area contributed by atoms with Crippen LogP contribution in [0.25, 0.3) is 33.1 Å². The van der Waals surface area contributed by atoms with Gasteiger partial charge in [0.2, 0.25) is 5.71 Å². The van der Waals surface area contributed by atoms with Crippen LogP contribution >= 0.6 is 0 Å². The first-order valence-electron chi connectivity index (χ1n) is 9.24. The zero-order valence-corrected chi connectivity index (χ0v) is 15.3. The van der Waals surface area contributed by atoms with Crippen LogP contribution in [-0.4, -0.2) is 10.8 Å². The van der Waals surface area contributed by atoms with Crippen molar-refractivity contribution in [3.05, 3.63) is 113 Å². The second-order valence-corrected chi connectivity index (χ2v) is 6.73. The second kappa shape index (κ2) is 6.84. The normalized spacial score (nSPS) is 11.0. The van der Waals surface area contributed by atoms with Gasteiger partial charge in [0.25, 0.3) is 0 Å². The summed E-state index contributed by atoms with van der Waals surface area (Å²) in [6.45, 7) is 0. The Morgan fingerprint density at radius 3 is 2.17 bits per heavy atom. The highest BCUT2D eigenvalue weighted by molar-refractivity contribution is 6.13. The molecule has 0 bridgehead atoms. The monoisotopic (exact) mass is 377 g/mol. The maximum absolute atomic E-state index is 12.9. The minimum absolute atomic E-state index is 0.00189. The topological polar surface area (TPSA) is 60.2 Å². The summed E-state index contributed by atoms with van der Waals surface area (Å²) < 4.78 is 5.52. The van der Waals surface area contributed by atoms with E-state index in [0.717, 1.165) is 22.0 Å². The summed E-state index contributed by atoms with van der Waals surface area (Å²) in [4.78, 5) is 30.1. The summed E-state index contributed by atoms with van der Waals surface area (Å²) in [5.74, 6) is -0.367. The van der Waals surface area contributed by atoms with E-state index in [4.69, 9.17) is 4.42 Å². The molecule has 0 spiro atoms. The lowest BCUT2D eigenvalue weighted by molar-refractivity contribution is 0.103. The summed E-state index contributed by atoms with van der Waals surface area (Å²) in [6, 6.07) is 27.8. The molecule has 0 aliphatic carbocycles. The molecule has 0 aliphatic rings. The third-order valence-electron chi connectivity index (χ3n) is 4.94. The highest BCUT2D eigenvalue weighted by Gasteiger charge is 2.19. The number of rotatable bonds is 3. The molecule has 4 heteroatoms. The predicted octanol–water partition coefficient (Wildman–Crippen LogP) is 5.24. The highest BCUT2D eigenvalue weighted by Crippen LogP contribution is 2.34. The molecule has 5 aromatic rings. The fourth-order valence-corrected chi connectivity index (χ4v) is 3.58. The Morgan fingerprint density at radius 1 is 0.759 bits per heavy atom. The van der Waals surface area contributed by atoms with Crippen molar-refractivity contribution in [2.45, 2.75) is 0 Å². The minimum Gasteiger partial charge on any atom is -0.403 e. The van der Waals surface area contributed by atoms with E-state index >= 15 is 0 Å². The number of hydrogen-bond donors (Lipinski definition) is 0. The van der Waals surface area contributed by atoms with Crippen LogP contribution < -0.4 is 5.63 Å². The molecule has 2 aromatic heterocycles. The van der Waals surface area contributed by atoms with Gasteiger partial charge in [-0.15, -0.1) is 0 Å². The standard InChI is InChI=1S/C25H15NO3/c27-23(17-11-5-2-6-12-17)20-15-19-22(16-9-3-1-4-10-16)18-13-7-8-14-21(18)26-24(19)29-25(20)28/h1-15H. The number of fused-ring (bicyclic) bond motifs is 2. The first-order valence-corrected chi connectivity index (χ1v) is 9.24. The van der Waals surface area contributed by atoms with Gasteiger partial charge in [-0.2, -0.15) is 0 Å². The van der Waals surface area contributed by atoms with Gasteiger partial charge >= 0.3 is 5.63 Å². The van der Waals surface area contributed by atoms with Crippen LogP contribution in [-0.2, 0) is 0 Å². The average molecular weight is 377 g/mol. The Bertz CT molecular complexity index is 1420. The second-order valence-electron chi connectivity index (χ2n) is 6.73. The molecule has 0 radical (unpaired) electrons. The molecular weight excluding hydrogens is 362 g/mol. The van der Waals surface area contributed by atoms with Crippen LogP contribution in [0.3, 0.4) is 0 Å². The van der Waals surface area contributed by atoms with E-state index in [2.05, 4.69) is 4.98 Å².